The molecule has 108 valence electrons. The van der Waals surface area contributed by atoms with Crippen molar-refractivity contribution in [1.29, 1.82) is 0 Å². The van der Waals surface area contributed by atoms with Gasteiger partial charge in [-0.05, 0) is 37.8 Å². The fourth-order valence-corrected chi connectivity index (χ4v) is 2.78. The third-order valence-electron chi connectivity index (χ3n) is 3.63. The lowest BCUT2D eigenvalue weighted by Gasteiger charge is -2.11. The third kappa shape index (κ3) is 3.90. The molecule has 0 aliphatic heterocycles. The van der Waals surface area contributed by atoms with Crippen LogP contribution in [0.4, 0.5) is 10.5 Å². The maximum Gasteiger partial charge on any atom is 0.323 e. The highest BCUT2D eigenvalue weighted by Gasteiger charge is 2.16. The third-order valence-corrected chi connectivity index (χ3v) is 4.45. The predicted molar refractivity (Wildman–Crippen MR) is 84.3 cm³/mol. The van der Waals surface area contributed by atoms with Gasteiger partial charge in [-0.25, -0.2) is 4.79 Å². The van der Waals surface area contributed by atoms with E-state index in [-0.39, 0.29) is 6.03 Å². The van der Waals surface area contributed by atoms with Gasteiger partial charge in [0.05, 0.1) is 15.7 Å². The monoisotopic (exact) mass is 312 g/mol. The number of hydrogen-bond acceptors (Lipinski definition) is 1. The molecule has 1 fully saturated rings. The highest BCUT2D eigenvalue weighted by molar-refractivity contribution is 6.43. The van der Waals surface area contributed by atoms with Crippen molar-refractivity contribution < 1.29 is 4.79 Å². The highest BCUT2D eigenvalue weighted by Crippen LogP contribution is 2.31. The minimum Gasteiger partial charge on any atom is -0.314 e. The van der Waals surface area contributed by atoms with Gasteiger partial charge in [0.15, 0.2) is 0 Å². The van der Waals surface area contributed by atoms with Gasteiger partial charge in [0.25, 0.3) is 0 Å². The minimum atomic E-state index is -0.313. The molecule has 2 rings (SSSR count). The van der Waals surface area contributed by atoms with Crippen LogP contribution < -0.4 is 10.6 Å². The van der Waals surface area contributed by atoms with Crippen LogP contribution in [0.25, 0.3) is 0 Å². The van der Waals surface area contributed by atoms with Crippen LogP contribution in [0.3, 0.4) is 0 Å². The molecule has 0 unspecified atom stereocenters. The van der Waals surface area contributed by atoms with Gasteiger partial charge in [-0.1, -0.05) is 47.7 Å². The van der Waals surface area contributed by atoms with Crippen LogP contribution in [0, 0.1) is 5.92 Å². The summed E-state index contributed by atoms with van der Waals surface area (Å²) in [5.74, 6) is 0.602. The Hall–Kier alpha value is -1.19. The van der Waals surface area contributed by atoms with Crippen LogP contribution in [-0.4, -0.2) is 6.03 Å². The van der Waals surface area contributed by atoms with Crippen molar-refractivity contribution in [3.8, 4) is 0 Å². The molecule has 0 spiro atoms. The van der Waals surface area contributed by atoms with Crippen molar-refractivity contribution in [1.82, 2.24) is 5.32 Å². The van der Waals surface area contributed by atoms with E-state index in [0.29, 0.717) is 21.7 Å². The molecule has 0 aromatic heterocycles. The molecule has 2 N–H and O–H groups in total. The summed E-state index contributed by atoms with van der Waals surface area (Å²) in [5, 5.41) is 6.19. The predicted octanol–water partition coefficient (Wildman–Crippen LogP) is 5.21. The zero-order chi connectivity index (χ0) is 14.5. The summed E-state index contributed by atoms with van der Waals surface area (Å²) >= 11 is 11.9. The number of allylic oxidation sites excluding steroid dienone is 1. The first-order chi connectivity index (χ1) is 9.58. The Kier molecular flexibility index (Phi) is 5.32. The average Bonchev–Trinajstić information content (AvgIpc) is 2.95. The molecule has 3 nitrogen and oxygen atoms in total. The molecule has 1 aromatic rings. The number of carbonyl (C=O) groups excluding carboxylic acids is 1. The second-order valence-corrected chi connectivity index (χ2v) is 5.85. The molecule has 2 amide bonds. The van der Waals surface area contributed by atoms with E-state index in [0.717, 1.165) is 0 Å². The fraction of sp³-hybridized carbons (Fsp3) is 0.400. The van der Waals surface area contributed by atoms with Crippen molar-refractivity contribution in [2.45, 2.75) is 32.6 Å². The van der Waals surface area contributed by atoms with Crippen molar-refractivity contribution in [2.75, 3.05) is 5.32 Å². The summed E-state index contributed by atoms with van der Waals surface area (Å²) in [4.78, 5) is 11.8. The lowest BCUT2D eigenvalue weighted by Crippen LogP contribution is -2.24. The van der Waals surface area contributed by atoms with Crippen LogP contribution in [0.1, 0.15) is 32.6 Å². The standard InChI is InChI=1S/C15H18Cl2N2O/c1-10(11-5-2-3-6-11)9-18-15(20)19-13-8-4-7-12(16)14(13)17/h4,7-9,11H,2-3,5-6H2,1H3,(H2,18,19,20)/b10-9+. The Labute approximate surface area is 129 Å². The molecule has 0 radical (unpaired) electrons. The van der Waals surface area contributed by atoms with E-state index in [1.807, 2.05) is 0 Å². The number of benzene rings is 1. The number of urea groups is 1. The smallest absolute Gasteiger partial charge is 0.314 e. The Bertz CT molecular complexity index is 523. The zero-order valence-corrected chi connectivity index (χ0v) is 12.9. The second-order valence-electron chi connectivity index (χ2n) is 5.07. The first-order valence-electron chi connectivity index (χ1n) is 6.76. The second kappa shape index (κ2) is 7.00. The Morgan fingerprint density at radius 2 is 2.00 bits per heavy atom. The van der Waals surface area contributed by atoms with Crippen molar-refractivity contribution in [3.05, 3.63) is 40.0 Å². The average molecular weight is 313 g/mol. The highest BCUT2D eigenvalue weighted by atomic mass is 35.5. The molecule has 0 atom stereocenters. The quantitative estimate of drug-likeness (QED) is 0.790. The topological polar surface area (TPSA) is 41.1 Å². The van der Waals surface area contributed by atoms with Gasteiger partial charge in [-0.15, -0.1) is 0 Å². The van der Waals surface area contributed by atoms with Gasteiger partial charge in [-0.2, -0.15) is 0 Å². The van der Waals surface area contributed by atoms with E-state index < -0.39 is 0 Å². The van der Waals surface area contributed by atoms with Gasteiger partial charge in [0.1, 0.15) is 0 Å². The number of halogens is 2. The number of hydrogen-bond donors (Lipinski definition) is 2. The van der Waals surface area contributed by atoms with Crippen molar-refractivity contribution >= 4 is 34.9 Å². The van der Waals surface area contributed by atoms with Gasteiger partial charge in [-0.3, -0.25) is 0 Å². The van der Waals surface area contributed by atoms with E-state index in [4.69, 9.17) is 23.2 Å². The number of nitrogens with one attached hydrogen (secondary N) is 2. The summed E-state index contributed by atoms with van der Waals surface area (Å²) in [6.07, 6.45) is 6.77. The van der Waals surface area contributed by atoms with Crippen LogP contribution >= 0.6 is 23.2 Å². The Balaban J connectivity index is 1.92. The van der Waals surface area contributed by atoms with Crippen LogP contribution in [0.2, 0.25) is 10.0 Å². The molecule has 1 aliphatic rings. The van der Waals surface area contributed by atoms with Gasteiger partial charge in [0.2, 0.25) is 0 Å². The van der Waals surface area contributed by atoms with E-state index in [2.05, 4.69) is 17.6 Å². The zero-order valence-electron chi connectivity index (χ0n) is 11.4. The maximum atomic E-state index is 11.8. The number of rotatable bonds is 3. The largest absolute Gasteiger partial charge is 0.323 e. The SMILES string of the molecule is C/C(=C\NC(=O)Nc1cccc(Cl)c1Cl)C1CCCC1. The Morgan fingerprint density at radius 1 is 1.30 bits per heavy atom. The number of anilines is 1. The van der Waals surface area contributed by atoms with Gasteiger partial charge >= 0.3 is 6.03 Å². The van der Waals surface area contributed by atoms with Crippen LogP contribution in [0.5, 0.6) is 0 Å². The fourth-order valence-electron chi connectivity index (χ4n) is 2.44. The molecular formula is C15H18Cl2N2O. The summed E-state index contributed by atoms with van der Waals surface area (Å²) in [6.45, 7) is 2.06. The van der Waals surface area contributed by atoms with E-state index in [1.165, 1.54) is 31.3 Å². The lowest BCUT2D eigenvalue weighted by molar-refractivity contribution is 0.255. The molecular weight excluding hydrogens is 295 g/mol. The number of carbonyl (C=O) groups is 1. The molecule has 5 heteroatoms. The Morgan fingerprint density at radius 3 is 2.70 bits per heavy atom. The molecule has 0 bridgehead atoms. The van der Waals surface area contributed by atoms with E-state index in [9.17, 15) is 4.79 Å². The minimum absolute atomic E-state index is 0.313. The molecule has 1 aliphatic carbocycles. The first kappa shape index (κ1) is 15.2. The van der Waals surface area contributed by atoms with Crippen molar-refractivity contribution in [2.24, 2.45) is 5.92 Å². The molecule has 1 aromatic carbocycles. The van der Waals surface area contributed by atoms with E-state index >= 15 is 0 Å². The summed E-state index contributed by atoms with van der Waals surface area (Å²) in [6, 6.07) is 4.81. The summed E-state index contributed by atoms with van der Waals surface area (Å²) in [5.41, 5.74) is 1.72. The van der Waals surface area contributed by atoms with Crippen LogP contribution in [0.15, 0.2) is 30.0 Å². The first-order valence-corrected chi connectivity index (χ1v) is 7.51. The number of amides is 2. The molecule has 0 saturated heterocycles. The summed E-state index contributed by atoms with van der Waals surface area (Å²) in [7, 11) is 0. The van der Waals surface area contributed by atoms with Gasteiger partial charge in [0, 0.05) is 6.20 Å². The molecule has 20 heavy (non-hydrogen) atoms. The molecule has 0 heterocycles. The molecule has 1 saturated carbocycles. The maximum absolute atomic E-state index is 11.8. The lowest BCUT2D eigenvalue weighted by atomic mass is 10.0. The summed E-state index contributed by atoms with van der Waals surface area (Å²) < 4.78 is 0. The van der Waals surface area contributed by atoms with Crippen LogP contribution in [-0.2, 0) is 0 Å². The van der Waals surface area contributed by atoms with E-state index in [1.54, 1.807) is 24.4 Å². The normalized spacial score (nSPS) is 16.2. The van der Waals surface area contributed by atoms with Crippen molar-refractivity contribution in [3.63, 3.8) is 0 Å². The van der Waals surface area contributed by atoms with Gasteiger partial charge < -0.3 is 10.6 Å².